The van der Waals surface area contributed by atoms with E-state index in [1.54, 1.807) is 12.1 Å². The Morgan fingerprint density at radius 2 is 2.06 bits per heavy atom. The molecule has 0 bridgehead atoms. The van der Waals surface area contributed by atoms with Gasteiger partial charge in [0.05, 0.1) is 16.5 Å². The average Bonchev–Trinajstić information content (AvgIpc) is 2.23. The number of carbonyl (C=O) groups is 1. The van der Waals surface area contributed by atoms with E-state index < -0.39 is 0 Å². The second kappa shape index (κ2) is 6.12. The molecule has 1 N–H and O–H groups in total. The van der Waals surface area contributed by atoms with E-state index >= 15 is 0 Å². The third-order valence-electron chi connectivity index (χ3n) is 2.37. The maximum Gasteiger partial charge on any atom is 0.224 e. The maximum absolute atomic E-state index is 11.6. The molecule has 88 valence electrons. The zero-order chi connectivity index (χ0) is 12.1. The first kappa shape index (κ1) is 13.3. The molecule has 1 rings (SSSR count). The zero-order valence-electron chi connectivity index (χ0n) is 9.39. The number of nitrogens with one attached hydrogen (secondary N) is 1. The van der Waals surface area contributed by atoms with Gasteiger partial charge >= 0.3 is 0 Å². The van der Waals surface area contributed by atoms with Crippen molar-refractivity contribution >= 4 is 29.1 Å². The predicted octanol–water partition coefficient (Wildman–Crippen LogP) is 3.45. The zero-order valence-corrected chi connectivity index (χ0v) is 10.9. The van der Waals surface area contributed by atoms with Crippen LogP contribution in [0.25, 0.3) is 0 Å². The summed E-state index contributed by atoms with van der Waals surface area (Å²) in [6, 6.07) is 5.44. The first-order chi connectivity index (χ1) is 7.52. The Hall–Kier alpha value is -0.730. The summed E-state index contributed by atoms with van der Waals surface area (Å²) in [7, 11) is 0. The molecule has 16 heavy (non-hydrogen) atoms. The minimum absolute atomic E-state index is 0.00717. The van der Waals surface area contributed by atoms with Gasteiger partial charge in [0.1, 0.15) is 0 Å². The normalized spacial score (nSPS) is 12.2. The van der Waals surface area contributed by atoms with Crippen LogP contribution in [0.4, 0.5) is 0 Å². The van der Waals surface area contributed by atoms with Gasteiger partial charge in [0.15, 0.2) is 0 Å². The molecule has 0 unspecified atom stereocenters. The van der Waals surface area contributed by atoms with E-state index in [1.165, 1.54) is 0 Å². The van der Waals surface area contributed by atoms with Crippen molar-refractivity contribution in [3.8, 4) is 0 Å². The van der Waals surface area contributed by atoms with Gasteiger partial charge in [-0.15, -0.1) is 0 Å². The van der Waals surface area contributed by atoms with Crippen LogP contribution in [-0.2, 0) is 11.2 Å². The Kier molecular flexibility index (Phi) is 5.10. The van der Waals surface area contributed by atoms with Gasteiger partial charge in [-0.25, -0.2) is 0 Å². The molecule has 2 nitrogen and oxygen atoms in total. The summed E-state index contributed by atoms with van der Waals surface area (Å²) in [5.74, 6) is 0.00717. The molecule has 0 fully saturated rings. The summed E-state index contributed by atoms with van der Waals surface area (Å²) in [4.78, 5) is 11.6. The van der Waals surface area contributed by atoms with Gasteiger partial charge in [0.2, 0.25) is 5.91 Å². The van der Waals surface area contributed by atoms with E-state index in [-0.39, 0.29) is 11.9 Å². The Bertz CT molecular complexity index is 379. The SMILES string of the molecule is CC[C@@H](C)NC(=O)Cc1ccc(Cl)c(Cl)c1. The minimum Gasteiger partial charge on any atom is -0.353 e. The fourth-order valence-corrected chi connectivity index (χ4v) is 1.58. The Labute approximate surface area is 106 Å². The van der Waals surface area contributed by atoms with Crippen molar-refractivity contribution < 1.29 is 4.79 Å². The summed E-state index contributed by atoms with van der Waals surface area (Å²) < 4.78 is 0. The van der Waals surface area contributed by atoms with Crippen LogP contribution >= 0.6 is 23.2 Å². The predicted molar refractivity (Wildman–Crippen MR) is 68.1 cm³/mol. The van der Waals surface area contributed by atoms with Crippen molar-refractivity contribution in [3.63, 3.8) is 0 Å². The lowest BCUT2D eigenvalue weighted by Gasteiger charge is -2.11. The van der Waals surface area contributed by atoms with Crippen molar-refractivity contribution in [1.29, 1.82) is 0 Å². The number of halogens is 2. The van der Waals surface area contributed by atoms with Crippen molar-refractivity contribution in [3.05, 3.63) is 33.8 Å². The first-order valence-electron chi connectivity index (χ1n) is 5.26. The lowest BCUT2D eigenvalue weighted by Crippen LogP contribution is -2.33. The topological polar surface area (TPSA) is 29.1 Å². The van der Waals surface area contributed by atoms with Crippen LogP contribution in [0, 0.1) is 0 Å². The molecule has 1 atom stereocenters. The smallest absolute Gasteiger partial charge is 0.224 e. The standard InChI is InChI=1S/C12H15Cl2NO/c1-3-8(2)15-12(16)7-9-4-5-10(13)11(14)6-9/h4-6,8H,3,7H2,1-2H3,(H,15,16)/t8-/m1/s1. The highest BCUT2D eigenvalue weighted by atomic mass is 35.5. The van der Waals surface area contributed by atoms with Gasteiger partial charge in [-0.2, -0.15) is 0 Å². The van der Waals surface area contributed by atoms with Crippen molar-refractivity contribution in [2.45, 2.75) is 32.7 Å². The van der Waals surface area contributed by atoms with Crippen LogP contribution in [0.3, 0.4) is 0 Å². The van der Waals surface area contributed by atoms with E-state index in [0.717, 1.165) is 12.0 Å². The van der Waals surface area contributed by atoms with Crippen LogP contribution in [-0.4, -0.2) is 11.9 Å². The highest BCUT2D eigenvalue weighted by Gasteiger charge is 2.07. The molecule has 0 saturated carbocycles. The van der Waals surface area contributed by atoms with Gasteiger partial charge < -0.3 is 5.32 Å². The summed E-state index contributed by atoms with van der Waals surface area (Å²) in [5, 5.41) is 3.89. The monoisotopic (exact) mass is 259 g/mol. The van der Waals surface area contributed by atoms with Crippen molar-refractivity contribution in [2.24, 2.45) is 0 Å². The summed E-state index contributed by atoms with van der Waals surface area (Å²) in [5.41, 5.74) is 0.871. The molecule has 0 aliphatic rings. The molecule has 0 radical (unpaired) electrons. The van der Waals surface area contributed by atoms with E-state index in [0.29, 0.717) is 16.5 Å². The molecule has 0 aromatic heterocycles. The third-order valence-corrected chi connectivity index (χ3v) is 3.11. The average molecular weight is 260 g/mol. The molecule has 0 aliphatic carbocycles. The van der Waals surface area contributed by atoms with E-state index in [1.807, 2.05) is 19.9 Å². The van der Waals surface area contributed by atoms with E-state index in [4.69, 9.17) is 23.2 Å². The van der Waals surface area contributed by atoms with Gasteiger partial charge in [0.25, 0.3) is 0 Å². The minimum atomic E-state index is 0.00717. The number of hydrogen-bond donors (Lipinski definition) is 1. The molecule has 0 heterocycles. The number of rotatable bonds is 4. The Morgan fingerprint density at radius 1 is 1.38 bits per heavy atom. The highest BCUT2D eigenvalue weighted by Crippen LogP contribution is 2.22. The van der Waals surface area contributed by atoms with Crippen molar-refractivity contribution in [1.82, 2.24) is 5.32 Å². The molecular weight excluding hydrogens is 245 g/mol. The lowest BCUT2D eigenvalue weighted by molar-refractivity contribution is -0.121. The van der Waals surface area contributed by atoms with Crippen LogP contribution in [0.15, 0.2) is 18.2 Å². The van der Waals surface area contributed by atoms with Crippen LogP contribution in [0.5, 0.6) is 0 Å². The number of benzene rings is 1. The molecule has 1 amide bonds. The summed E-state index contributed by atoms with van der Waals surface area (Å²) in [6.45, 7) is 4.01. The quantitative estimate of drug-likeness (QED) is 0.882. The van der Waals surface area contributed by atoms with E-state index in [9.17, 15) is 4.79 Å². The van der Waals surface area contributed by atoms with Gasteiger partial charge in [0, 0.05) is 6.04 Å². The fourth-order valence-electron chi connectivity index (χ4n) is 1.26. The number of hydrogen-bond acceptors (Lipinski definition) is 1. The molecule has 0 saturated heterocycles. The van der Waals surface area contributed by atoms with Crippen LogP contribution in [0.1, 0.15) is 25.8 Å². The van der Waals surface area contributed by atoms with Crippen molar-refractivity contribution in [2.75, 3.05) is 0 Å². The van der Waals surface area contributed by atoms with E-state index in [2.05, 4.69) is 5.32 Å². The molecule has 4 heteroatoms. The fraction of sp³-hybridized carbons (Fsp3) is 0.417. The lowest BCUT2D eigenvalue weighted by atomic mass is 10.1. The summed E-state index contributed by atoms with van der Waals surface area (Å²) >= 11 is 11.7. The molecular formula is C12H15Cl2NO. The van der Waals surface area contributed by atoms with Gasteiger partial charge in [-0.05, 0) is 31.0 Å². The molecule has 0 aliphatic heterocycles. The second-order valence-electron chi connectivity index (χ2n) is 3.80. The Balaban J connectivity index is 2.59. The largest absolute Gasteiger partial charge is 0.353 e. The highest BCUT2D eigenvalue weighted by molar-refractivity contribution is 6.42. The molecule has 0 spiro atoms. The summed E-state index contributed by atoms with van der Waals surface area (Å²) in [6.07, 6.45) is 1.26. The van der Waals surface area contributed by atoms with Crippen LogP contribution in [0.2, 0.25) is 10.0 Å². The first-order valence-corrected chi connectivity index (χ1v) is 6.01. The third kappa shape index (κ3) is 4.03. The Morgan fingerprint density at radius 3 is 2.62 bits per heavy atom. The molecule has 1 aromatic carbocycles. The maximum atomic E-state index is 11.6. The second-order valence-corrected chi connectivity index (χ2v) is 4.62. The number of amides is 1. The van der Waals surface area contributed by atoms with Crippen LogP contribution < -0.4 is 5.32 Å². The van der Waals surface area contributed by atoms with Gasteiger partial charge in [-0.3, -0.25) is 4.79 Å². The molecule has 1 aromatic rings. The number of carbonyl (C=O) groups excluding carboxylic acids is 1. The van der Waals surface area contributed by atoms with Gasteiger partial charge in [-0.1, -0.05) is 36.2 Å².